The van der Waals surface area contributed by atoms with E-state index in [1.54, 1.807) is 18.3 Å². The van der Waals surface area contributed by atoms with E-state index >= 15 is 0 Å². The summed E-state index contributed by atoms with van der Waals surface area (Å²) in [5, 5.41) is 0. The van der Waals surface area contributed by atoms with Crippen LogP contribution in [0.15, 0.2) is 18.3 Å². The highest BCUT2D eigenvalue weighted by atomic mass is 16.1. The molecule has 0 aromatic carbocycles. The van der Waals surface area contributed by atoms with E-state index in [2.05, 4.69) is 4.98 Å². The zero-order valence-corrected chi connectivity index (χ0v) is 8.78. The van der Waals surface area contributed by atoms with Crippen LogP contribution in [-0.4, -0.2) is 10.8 Å². The number of carbonyl (C=O) groups excluding carboxylic acids is 1. The number of hydrogen-bond donors (Lipinski definition) is 1. The number of ketones is 1. The molecular formula is C12H16N2O. The van der Waals surface area contributed by atoms with Crippen LogP contribution in [0.5, 0.6) is 0 Å². The molecule has 0 bridgehead atoms. The van der Waals surface area contributed by atoms with Gasteiger partial charge in [-0.1, -0.05) is 19.3 Å². The van der Waals surface area contributed by atoms with Gasteiger partial charge in [0.05, 0.1) is 5.69 Å². The average Bonchev–Trinajstić information content (AvgIpc) is 2.23. The first-order valence-corrected chi connectivity index (χ1v) is 5.48. The molecule has 0 aliphatic heterocycles. The maximum Gasteiger partial charge on any atom is 0.163 e. The van der Waals surface area contributed by atoms with Crippen molar-refractivity contribution < 1.29 is 4.79 Å². The summed E-state index contributed by atoms with van der Waals surface area (Å²) in [5.41, 5.74) is 7.03. The van der Waals surface area contributed by atoms with Crippen molar-refractivity contribution in [2.75, 3.05) is 0 Å². The number of nitrogens with two attached hydrogens (primary N) is 1. The first-order chi connectivity index (χ1) is 7.29. The van der Waals surface area contributed by atoms with E-state index in [1.165, 1.54) is 19.3 Å². The fourth-order valence-electron chi connectivity index (χ4n) is 1.84. The highest BCUT2D eigenvalue weighted by Crippen LogP contribution is 2.30. The number of rotatable bonds is 4. The summed E-state index contributed by atoms with van der Waals surface area (Å²) in [6.07, 6.45) is 6.05. The second kappa shape index (κ2) is 4.53. The Hall–Kier alpha value is -1.22. The van der Waals surface area contributed by atoms with Crippen molar-refractivity contribution in [3.63, 3.8) is 0 Å². The maximum absolute atomic E-state index is 11.8. The van der Waals surface area contributed by atoms with Gasteiger partial charge in [-0.05, 0) is 18.1 Å². The summed E-state index contributed by atoms with van der Waals surface area (Å²) in [7, 11) is 0. The highest BCUT2D eigenvalue weighted by molar-refractivity contribution is 5.96. The monoisotopic (exact) mass is 204 g/mol. The van der Waals surface area contributed by atoms with Gasteiger partial charge in [-0.25, -0.2) is 0 Å². The van der Waals surface area contributed by atoms with E-state index < -0.39 is 0 Å². The van der Waals surface area contributed by atoms with Crippen molar-refractivity contribution in [2.45, 2.75) is 32.2 Å². The fraction of sp³-hybridized carbons (Fsp3) is 0.500. The molecule has 1 heterocycles. The van der Waals surface area contributed by atoms with E-state index in [1.807, 2.05) is 0 Å². The highest BCUT2D eigenvalue weighted by Gasteiger charge is 2.21. The van der Waals surface area contributed by atoms with Crippen LogP contribution in [0, 0.1) is 5.92 Å². The Morgan fingerprint density at radius 3 is 2.93 bits per heavy atom. The molecule has 1 aliphatic carbocycles. The maximum atomic E-state index is 11.8. The number of nitrogens with zero attached hydrogens (tertiary/aromatic N) is 1. The van der Waals surface area contributed by atoms with Crippen molar-refractivity contribution in [1.82, 2.24) is 4.98 Å². The van der Waals surface area contributed by atoms with Crippen molar-refractivity contribution >= 4 is 5.78 Å². The molecule has 1 saturated carbocycles. The second-order valence-corrected chi connectivity index (χ2v) is 4.16. The molecule has 0 saturated heterocycles. The number of Topliss-reactive ketones (excluding diaryl/α,β-unsaturated/α-hetero) is 1. The first-order valence-electron chi connectivity index (χ1n) is 5.48. The Balaban J connectivity index is 2.03. The van der Waals surface area contributed by atoms with E-state index in [0.29, 0.717) is 18.9 Å². The van der Waals surface area contributed by atoms with Gasteiger partial charge < -0.3 is 5.73 Å². The molecule has 0 unspecified atom stereocenters. The molecular weight excluding hydrogens is 188 g/mol. The minimum Gasteiger partial charge on any atom is -0.325 e. The number of carbonyl (C=O) groups is 1. The van der Waals surface area contributed by atoms with Crippen LogP contribution in [0.2, 0.25) is 0 Å². The molecule has 1 aliphatic rings. The lowest BCUT2D eigenvalue weighted by atomic mass is 9.81. The van der Waals surface area contributed by atoms with E-state index in [4.69, 9.17) is 5.73 Å². The topological polar surface area (TPSA) is 56.0 Å². The third kappa shape index (κ3) is 2.42. The van der Waals surface area contributed by atoms with Gasteiger partial charge in [-0.15, -0.1) is 0 Å². The predicted molar refractivity (Wildman–Crippen MR) is 58.4 cm³/mol. The molecule has 3 nitrogen and oxygen atoms in total. The molecule has 0 amide bonds. The van der Waals surface area contributed by atoms with Crippen LogP contribution in [0.4, 0.5) is 0 Å². The van der Waals surface area contributed by atoms with Crippen LogP contribution in [-0.2, 0) is 6.54 Å². The zero-order chi connectivity index (χ0) is 10.7. The zero-order valence-electron chi connectivity index (χ0n) is 8.78. The molecule has 0 atom stereocenters. The van der Waals surface area contributed by atoms with Crippen LogP contribution >= 0.6 is 0 Å². The summed E-state index contributed by atoms with van der Waals surface area (Å²) in [4.78, 5) is 15.9. The molecule has 1 aromatic rings. The molecule has 3 heteroatoms. The van der Waals surface area contributed by atoms with Gasteiger partial charge in [-0.2, -0.15) is 0 Å². The lowest BCUT2D eigenvalue weighted by molar-refractivity contribution is 0.0936. The van der Waals surface area contributed by atoms with E-state index in [0.717, 1.165) is 11.3 Å². The third-order valence-corrected chi connectivity index (χ3v) is 3.05. The second-order valence-electron chi connectivity index (χ2n) is 4.16. The molecule has 80 valence electrons. The molecule has 15 heavy (non-hydrogen) atoms. The number of aromatic nitrogens is 1. The Kier molecular flexibility index (Phi) is 3.11. The summed E-state index contributed by atoms with van der Waals surface area (Å²) in [5.74, 6) is 0.851. The predicted octanol–water partition coefficient (Wildman–Crippen LogP) is 1.91. The molecule has 0 spiro atoms. The quantitative estimate of drug-likeness (QED) is 0.762. The Morgan fingerprint density at radius 1 is 1.53 bits per heavy atom. The van der Waals surface area contributed by atoms with Gasteiger partial charge in [0.2, 0.25) is 0 Å². The van der Waals surface area contributed by atoms with Gasteiger partial charge in [0.1, 0.15) is 0 Å². The summed E-state index contributed by atoms with van der Waals surface area (Å²) in [6.45, 7) is 0.393. The van der Waals surface area contributed by atoms with Gasteiger partial charge in [0.25, 0.3) is 0 Å². The Labute approximate surface area is 89.7 Å². The SMILES string of the molecule is NCc1cc(C(=O)CC2CCC2)ccn1. The minimum absolute atomic E-state index is 0.233. The van der Waals surface area contributed by atoms with Crippen molar-refractivity contribution in [3.8, 4) is 0 Å². The van der Waals surface area contributed by atoms with Gasteiger partial charge >= 0.3 is 0 Å². The van der Waals surface area contributed by atoms with Crippen molar-refractivity contribution in [2.24, 2.45) is 11.7 Å². The summed E-state index contributed by atoms with van der Waals surface area (Å²) < 4.78 is 0. The molecule has 2 rings (SSSR count). The van der Waals surface area contributed by atoms with Crippen molar-refractivity contribution in [3.05, 3.63) is 29.6 Å². The fourth-order valence-corrected chi connectivity index (χ4v) is 1.84. The van der Waals surface area contributed by atoms with Gasteiger partial charge in [0.15, 0.2) is 5.78 Å². The van der Waals surface area contributed by atoms with Crippen LogP contribution in [0.3, 0.4) is 0 Å². The van der Waals surface area contributed by atoms with Crippen LogP contribution < -0.4 is 5.73 Å². The normalized spacial score (nSPS) is 16.1. The summed E-state index contributed by atoms with van der Waals surface area (Å²) in [6, 6.07) is 3.58. The van der Waals surface area contributed by atoms with E-state index in [-0.39, 0.29) is 5.78 Å². The standard InChI is InChI=1S/C12H16N2O/c13-8-11-7-10(4-5-14-11)12(15)6-9-2-1-3-9/h4-5,7,9H,1-3,6,8,13H2. The average molecular weight is 204 g/mol. The van der Waals surface area contributed by atoms with E-state index in [9.17, 15) is 4.79 Å². The smallest absolute Gasteiger partial charge is 0.163 e. The molecule has 1 fully saturated rings. The molecule has 1 aromatic heterocycles. The minimum atomic E-state index is 0.233. The largest absolute Gasteiger partial charge is 0.325 e. The van der Waals surface area contributed by atoms with Crippen LogP contribution in [0.25, 0.3) is 0 Å². The number of pyridine rings is 1. The Morgan fingerprint density at radius 2 is 2.33 bits per heavy atom. The first kappa shape index (κ1) is 10.3. The molecule has 0 radical (unpaired) electrons. The summed E-state index contributed by atoms with van der Waals surface area (Å²) >= 11 is 0. The van der Waals surface area contributed by atoms with Gasteiger partial charge in [-0.3, -0.25) is 9.78 Å². The van der Waals surface area contributed by atoms with Crippen molar-refractivity contribution in [1.29, 1.82) is 0 Å². The molecule has 2 N–H and O–H groups in total. The number of hydrogen-bond acceptors (Lipinski definition) is 3. The Bertz CT molecular complexity index is 358. The lowest BCUT2D eigenvalue weighted by Crippen LogP contribution is -2.16. The lowest BCUT2D eigenvalue weighted by Gasteiger charge is -2.24. The van der Waals surface area contributed by atoms with Gasteiger partial charge in [0, 0.05) is 24.7 Å². The third-order valence-electron chi connectivity index (χ3n) is 3.05. The van der Waals surface area contributed by atoms with Crippen LogP contribution in [0.1, 0.15) is 41.7 Å².